The van der Waals surface area contributed by atoms with Crippen LogP contribution in [-0.4, -0.2) is 19.6 Å². The van der Waals surface area contributed by atoms with Crippen molar-refractivity contribution in [2.24, 2.45) is 11.1 Å². The van der Waals surface area contributed by atoms with E-state index in [0.29, 0.717) is 13.0 Å². The standard InChI is InChI=1S/C17H28N2O2/c1-13(14-5-7-15(21-4)8-6-14)19-16(20)9-10-17(2,3)11-12-18/h5-8,13H,9-12,18H2,1-4H3,(H,19,20)/t13-/m0/s1. The molecule has 4 nitrogen and oxygen atoms in total. The summed E-state index contributed by atoms with van der Waals surface area (Å²) in [5.41, 5.74) is 6.79. The number of hydrogen-bond donors (Lipinski definition) is 2. The first-order valence-electron chi connectivity index (χ1n) is 7.51. The van der Waals surface area contributed by atoms with E-state index in [-0.39, 0.29) is 17.4 Å². The molecule has 0 fully saturated rings. The molecule has 1 atom stereocenters. The number of rotatable bonds is 8. The van der Waals surface area contributed by atoms with Gasteiger partial charge in [-0.2, -0.15) is 0 Å². The number of nitrogens with one attached hydrogen (secondary N) is 1. The SMILES string of the molecule is COc1ccc([C@H](C)NC(=O)CCC(C)(C)CCN)cc1. The number of hydrogen-bond acceptors (Lipinski definition) is 3. The van der Waals surface area contributed by atoms with Crippen molar-refractivity contribution >= 4 is 5.91 Å². The average Bonchev–Trinajstić information content (AvgIpc) is 2.45. The summed E-state index contributed by atoms with van der Waals surface area (Å²) in [7, 11) is 1.64. The van der Waals surface area contributed by atoms with Gasteiger partial charge in [-0.3, -0.25) is 4.79 Å². The van der Waals surface area contributed by atoms with Crippen molar-refractivity contribution in [1.82, 2.24) is 5.32 Å². The van der Waals surface area contributed by atoms with E-state index < -0.39 is 0 Å². The van der Waals surface area contributed by atoms with Crippen LogP contribution in [0.2, 0.25) is 0 Å². The molecular weight excluding hydrogens is 264 g/mol. The zero-order chi connectivity index (χ0) is 15.9. The summed E-state index contributed by atoms with van der Waals surface area (Å²) in [6, 6.07) is 7.76. The highest BCUT2D eigenvalue weighted by atomic mass is 16.5. The molecule has 0 aromatic heterocycles. The van der Waals surface area contributed by atoms with Crippen molar-refractivity contribution in [3.63, 3.8) is 0 Å². The van der Waals surface area contributed by atoms with E-state index in [1.165, 1.54) is 0 Å². The summed E-state index contributed by atoms with van der Waals surface area (Å²) in [6.07, 6.45) is 2.33. The third-order valence-electron chi connectivity index (χ3n) is 3.84. The lowest BCUT2D eigenvalue weighted by Gasteiger charge is -2.24. The maximum Gasteiger partial charge on any atom is 0.220 e. The quantitative estimate of drug-likeness (QED) is 0.774. The second-order valence-electron chi connectivity index (χ2n) is 6.27. The average molecular weight is 292 g/mol. The van der Waals surface area contributed by atoms with Crippen molar-refractivity contribution in [1.29, 1.82) is 0 Å². The van der Waals surface area contributed by atoms with E-state index in [1.807, 2.05) is 31.2 Å². The Labute approximate surface area is 128 Å². The van der Waals surface area contributed by atoms with Crippen LogP contribution in [0.4, 0.5) is 0 Å². The van der Waals surface area contributed by atoms with Crippen molar-refractivity contribution in [3.05, 3.63) is 29.8 Å². The largest absolute Gasteiger partial charge is 0.497 e. The van der Waals surface area contributed by atoms with Crippen LogP contribution in [0, 0.1) is 5.41 Å². The van der Waals surface area contributed by atoms with Gasteiger partial charge < -0.3 is 15.8 Å². The number of amides is 1. The van der Waals surface area contributed by atoms with E-state index in [9.17, 15) is 4.79 Å². The predicted molar refractivity (Wildman–Crippen MR) is 86.2 cm³/mol. The Morgan fingerprint density at radius 3 is 2.43 bits per heavy atom. The summed E-state index contributed by atoms with van der Waals surface area (Å²) >= 11 is 0. The highest BCUT2D eigenvalue weighted by Gasteiger charge is 2.19. The molecule has 0 heterocycles. The Hall–Kier alpha value is -1.55. The molecule has 0 saturated carbocycles. The number of nitrogens with two attached hydrogens (primary N) is 1. The highest BCUT2D eigenvalue weighted by Crippen LogP contribution is 2.26. The minimum Gasteiger partial charge on any atom is -0.497 e. The number of ether oxygens (including phenoxy) is 1. The molecule has 0 aliphatic heterocycles. The molecule has 0 spiro atoms. The van der Waals surface area contributed by atoms with Crippen LogP contribution < -0.4 is 15.8 Å². The first-order valence-corrected chi connectivity index (χ1v) is 7.51. The predicted octanol–water partition coefficient (Wildman–Crippen LogP) is 3.03. The Morgan fingerprint density at radius 2 is 1.90 bits per heavy atom. The van der Waals surface area contributed by atoms with Crippen molar-refractivity contribution in [2.45, 2.75) is 46.1 Å². The summed E-state index contributed by atoms with van der Waals surface area (Å²) in [6.45, 7) is 6.96. The summed E-state index contributed by atoms with van der Waals surface area (Å²) < 4.78 is 5.13. The first kappa shape index (κ1) is 17.5. The van der Waals surface area contributed by atoms with Crippen LogP contribution in [0.1, 0.15) is 51.6 Å². The zero-order valence-corrected chi connectivity index (χ0v) is 13.6. The van der Waals surface area contributed by atoms with Gasteiger partial charge in [0.25, 0.3) is 0 Å². The van der Waals surface area contributed by atoms with Gasteiger partial charge in [0.05, 0.1) is 13.2 Å². The fraction of sp³-hybridized carbons (Fsp3) is 0.588. The molecule has 0 bridgehead atoms. The Balaban J connectivity index is 2.46. The van der Waals surface area contributed by atoms with Gasteiger partial charge in [0.1, 0.15) is 5.75 Å². The number of carbonyl (C=O) groups excluding carboxylic acids is 1. The molecule has 1 aromatic carbocycles. The third kappa shape index (κ3) is 6.17. The molecule has 1 rings (SSSR count). The molecule has 118 valence electrons. The van der Waals surface area contributed by atoms with E-state index >= 15 is 0 Å². The normalized spacial score (nSPS) is 12.8. The second kappa shape index (κ2) is 8.03. The number of methoxy groups -OCH3 is 1. The van der Waals surface area contributed by atoms with Crippen molar-refractivity contribution in [2.75, 3.05) is 13.7 Å². The molecule has 1 amide bonds. The van der Waals surface area contributed by atoms with Crippen molar-refractivity contribution in [3.8, 4) is 5.75 Å². The highest BCUT2D eigenvalue weighted by molar-refractivity contribution is 5.76. The third-order valence-corrected chi connectivity index (χ3v) is 3.84. The lowest BCUT2D eigenvalue weighted by Crippen LogP contribution is -2.28. The molecular formula is C17H28N2O2. The lowest BCUT2D eigenvalue weighted by atomic mass is 9.84. The van der Waals surface area contributed by atoms with Gasteiger partial charge in [0, 0.05) is 6.42 Å². The van der Waals surface area contributed by atoms with Crippen molar-refractivity contribution < 1.29 is 9.53 Å². The Morgan fingerprint density at radius 1 is 1.29 bits per heavy atom. The van der Waals surface area contributed by atoms with E-state index in [1.54, 1.807) is 7.11 Å². The fourth-order valence-corrected chi connectivity index (χ4v) is 2.26. The van der Waals surface area contributed by atoms with Gasteiger partial charge in [0.15, 0.2) is 0 Å². The maximum absolute atomic E-state index is 12.0. The van der Waals surface area contributed by atoms with Gasteiger partial charge in [-0.15, -0.1) is 0 Å². The maximum atomic E-state index is 12.0. The molecule has 0 unspecified atom stereocenters. The van der Waals surface area contributed by atoms with E-state index in [0.717, 1.165) is 24.2 Å². The first-order chi connectivity index (χ1) is 9.88. The van der Waals surface area contributed by atoms with Crippen LogP contribution in [0.15, 0.2) is 24.3 Å². The van der Waals surface area contributed by atoms with Crippen LogP contribution in [0.25, 0.3) is 0 Å². The Kier molecular flexibility index (Phi) is 6.69. The summed E-state index contributed by atoms with van der Waals surface area (Å²) in [5.74, 6) is 0.907. The van der Waals surface area contributed by atoms with Gasteiger partial charge in [-0.05, 0) is 49.4 Å². The summed E-state index contributed by atoms with van der Waals surface area (Å²) in [4.78, 5) is 12.0. The molecule has 3 N–H and O–H groups in total. The lowest BCUT2D eigenvalue weighted by molar-refractivity contribution is -0.122. The van der Waals surface area contributed by atoms with Crippen LogP contribution in [0.5, 0.6) is 5.75 Å². The zero-order valence-electron chi connectivity index (χ0n) is 13.6. The molecule has 0 saturated heterocycles. The number of carbonyl (C=O) groups is 1. The molecule has 21 heavy (non-hydrogen) atoms. The van der Waals surface area contributed by atoms with Crippen LogP contribution >= 0.6 is 0 Å². The van der Waals surface area contributed by atoms with Crippen LogP contribution in [0.3, 0.4) is 0 Å². The van der Waals surface area contributed by atoms with E-state index in [4.69, 9.17) is 10.5 Å². The van der Waals surface area contributed by atoms with E-state index in [2.05, 4.69) is 19.2 Å². The Bertz CT molecular complexity index is 441. The fourth-order valence-electron chi connectivity index (χ4n) is 2.26. The second-order valence-corrected chi connectivity index (χ2v) is 6.27. The molecule has 0 aliphatic carbocycles. The molecule has 0 radical (unpaired) electrons. The smallest absolute Gasteiger partial charge is 0.220 e. The minimum atomic E-state index is 0.000951. The van der Waals surface area contributed by atoms with Gasteiger partial charge >= 0.3 is 0 Å². The van der Waals surface area contributed by atoms with Crippen LogP contribution in [-0.2, 0) is 4.79 Å². The topological polar surface area (TPSA) is 64.3 Å². The minimum absolute atomic E-state index is 0.000951. The monoisotopic (exact) mass is 292 g/mol. The van der Waals surface area contributed by atoms with Gasteiger partial charge in [-0.1, -0.05) is 26.0 Å². The van der Waals surface area contributed by atoms with Gasteiger partial charge in [0.2, 0.25) is 5.91 Å². The van der Waals surface area contributed by atoms with Gasteiger partial charge in [-0.25, -0.2) is 0 Å². The summed E-state index contributed by atoms with van der Waals surface area (Å²) in [5, 5.41) is 3.04. The number of benzene rings is 1. The molecule has 4 heteroatoms. The molecule has 1 aromatic rings. The molecule has 0 aliphatic rings.